The molecule has 1 fully saturated rings. The van der Waals surface area contributed by atoms with Crippen molar-refractivity contribution in [3.63, 3.8) is 0 Å². The van der Waals surface area contributed by atoms with Crippen molar-refractivity contribution in [2.45, 2.75) is 6.04 Å². The van der Waals surface area contributed by atoms with Gasteiger partial charge in [-0.3, -0.25) is 4.90 Å². The molecule has 20 heavy (non-hydrogen) atoms. The van der Waals surface area contributed by atoms with Crippen molar-refractivity contribution in [3.8, 4) is 0 Å². The van der Waals surface area contributed by atoms with Crippen molar-refractivity contribution in [2.24, 2.45) is 0 Å². The molecule has 1 saturated heterocycles. The Labute approximate surface area is 145 Å². The van der Waals surface area contributed by atoms with Gasteiger partial charge in [0.1, 0.15) is 0 Å². The number of thiophene rings is 2. The maximum absolute atomic E-state index is 6.10. The highest BCUT2D eigenvalue weighted by molar-refractivity contribution is 7.16. The van der Waals surface area contributed by atoms with Crippen LogP contribution in [-0.4, -0.2) is 31.1 Å². The third kappa shape index (κ3) is 4.10. The van der Waals surface area contributed by atoms with Gasteiger partial charge in [0.25, 0.3) is 0 Å². The largest absolute Gasteiger partial charge is 0.314 e. The number of rotatable bonds is 3. The highest BCUT2D eigenvalue weighted by Gasteiger charge is 2.25. The molecule has 2 aromatic rings. The van der Waals surface area contributed by atoms with Crippen molar-refractivity contribution in [1.82, 2.24) is 10.2 Å². The van der Waals surface area contributed by atoms with E-state index in [1.54, 1.807) is 11.3 Å². The monoisotopic (exact) mass is 370 g/mol. The van der Waals surface area contributed by atoms with E-state index < -0.39 is 0 Å². The van der Waals surface area contributed by atoms with Gasteiger partial charge >= 0.3 is 0 Å². The highest BCUT2D eigenvalue weighted by atomic mass is 35.5. The van der Waals surface area contributed by atoms with Crippen LogP contribution in [0.15, 0.2) is 29.6 Å². The Balaban J connectivity index is 0.000001000. The lowest BCUT2D eigenvalue weighted by Crippen LogP contribution is -2.45. The lowest BCUT2D eigenvalue weighted by atomic mass is 10.1. The van der Waals surface area contributed by atoms with Gasteiger partial charge in [0.2, 0.25) is 0 Å². The van der Waals surface area contributed by atoms with E-state index in [0.717, 1.165) is 30.5 Å². The minimum absolute atomic E-state index is 0. The van der Waals surface area contributed by atoms with E-state index in [-0.39, 0.29) is 24.8 Å². The van der Waals surface area contributed by atoms with E-state index in [2.05, 4.69) is 33.8 Å². The smallest absolute Gasteiger partial charge is 0.0931 e. The zero-order chi connectivity index (χ0) is 12.4. The van der Waals surface area contributed by atoms with Gasteiger partial charge in [0.15, 0.2) is 0 Å². The summed E-state index contributed by atoms with van der Waals surface area (Å²) in [5, 5.41) is 5.56. The van der Waals surface area contributed by atoms with Crippen molar-refractivity contribution in [2.75, 3.05) is 26.2 Å². The Morgan fingerprint density at radius 1 is 1.10 bits per heavy atom. The van der Waals surface area contributed by atoms with Crippen LogP contribution in [0.1, 0.15) is 15.8 Å². The van der Waals surface area contributed by atoms with E-state index in [1.807, 2.05) is 17.4 Å². The lowest BCUT2D eigenvalue weighted by Gasteiger charge is -2.33. The molecule has 0 aliphatic carbocycles. The molecule has 2 aromatic heterocycles. The number of nitrogens with one attached hydrogen (secondary N) is 1. The Morgan fingerprint density at radius 2 is 1.85 bits per heavy atom. The molecule has 3 heterocycles. The Morgan fingerprint density at radius 3 is 2.40 bits per heavy atom. The maximum atomic E-state index is 6.10. The van der Waals surface area contributed by atoms with Crippen molar-refractivity contribution >= 4 is 59.1 Å². The molecule has 112 valence electrons. The average molecular weight is 372 g/mol. The minimum atomic E-state index is 0. The minimum Gasteiger partial charge on any atom is -0.314 e. The molecule has 0 unspecified atom stereocenters. The van der Waals surface area contributed by atoms with Crippen molar-refractivity contribution in [3.05, 3.63) is 43.7 Å². The fourth-order valence-electron chi connectivity index (χ4n) is 2.36. The number of piperazine rings is 1. The quantitative estimate of drug-likeness (QED) is 0.865. The molecule has 1 atom stereocenters. The average Bonchev–Trinajstić information content (AvgIpc) is 3.04. The number of nitrogens with zero attached hydrogens (tertiary/aromatic N) is 1. The second-order valence-electron chi connectivity index (χ2n) is 4.35. The summed E-state index contributed by atoms with van der Waals surface area (Å²) >= 11 is 9.62. The van der Waals surface area contributed by atoms with Crippen LogP contribution in [0.2, 0.25) is 4.34 Å². The first-order valence-corrected chi connectivity index (χ1v) is 8.15. The first-order chi connectivity index (χ1) is 8.84. The van der Waals surface area contributed by atoms with Crippen LogP contribution in [0.3, 0.4) is 0 Å². The summed E-state index contributed by atoms with van der Waals surface area (Å²) in [4.78, 5) is 5.31. The normalized spacial score (nSPS) is 17.1. The fraction of sp³-hybridized carbons (Fsp3) is 0.385. The number of hydrogen-bond acceptors (Lipinski definition) is 4. The van der Waals surface area contributed by atoms with E-state index in [0.29, 0.717) is 6.04 Å². The molecule has 0 radical (unpaired) electrons. The molecular weight excluding hydrogens is 355 g/mol. The zero-order valence-electron chi connectivity index (χ0n) is 10.8. The third-order valence-corrected chi connectivity index (χ3v) is 5.40. The van der Waals surface area contributed by atoms with Gasteiger partial charge in [-0.15, -0.1) is 47.5 Å². The number of halogens is 3. The van der Waals surface area contributed by atoms with Crippen molar-refractivity contribution < 1.29 is 0 Å². The van der Waals surface area contributed by atoms with Crippen molar-refractivity contribution in [1.29, 1.82) is 0 Å². The van der Waals surface area contributed by atoms with E-state index >= 15 is 0 Å². The molecule has 1 N–H and O–H groups in total. The molecule has 1 aliphatic heterocycles. The molecule has 2 nitrogen and oxygen atoms in total. The Kier molecular flexibility index (Phi) is 7.83. The van der Waals surface area contributed by atoms with Crippen LogP contribution < -0.4 is 5.32 Å². The molecule has 0 saturated carbocycles. The van der Waals surface area contributed by atoms with Gasteiger partial charge < -0.3 is 5.32 Å². The predicted molar refractivity (Wildman–Crippen MR) is 94.4 cm³/mol. The molecule has 7 heteroatoms. The summed E-state index contributed by atoms with van der Waals surface area (Å²) in [5.74, 6) is 0. The first kappa shape index (κ1) is 18.2. The van der Waals surface area contributed by atoms with Gasteiger partial charge in [-0.25, -0.2) is 0 Å². The van der Waals surface area contributed by atoms with Gasteiger partial charge in [-0.05, 0) is 23.6 Å². The lowest BCUT2D eigenvalue weighted by molar-refractivity contribution is 0.203. The van der Waals surface area contributed by atoms with Gasteiger partial charge in [0.05, 0.1) is 10.4 Å². The maximum Gasteiger partial charge on any atom is 0.0931 e. The molecule has 3 rings (SSSR count). The first-order valence-electron chi connectivity index (χ1n) is 6.08. The topological polar surface area (TPSA) is 15.3 Å². The third-order valence-electron chi connectivity index (χ3n) is 3.19. The Bertz CT molecular complexity index is 495. The highest BCUT2D eigenvalue weighted by Crippen LogP contribution is 2.37. The van der Waals surface area contributed by atoms with Crippen LogP contribution in [0.4, 0.5) is 0 Å². The second kappa shape index (κ2) is 8.59. The molecule has 0 bridgehead atoms. The van der Waals surface area contributed by atoms with E-state index in [1.165, 1.54) is 9.75 Å². The zero-order valence-corrected chi connectivity index (χ0v) is 14.8. The van der Waals surface area contributed by atoms with E-state index in [9.17, 15) is 0 Å². The summed E-state index contributed by atoms with van der Waals surface area (Å²) < 4.78 is 0.877. The second-order valence-corrected chi connectivity index (χ2v) is 7.07. The number of hydrogen-bond donors (Lipinski definition) is 1. The van der Waals surface area contributed by atoms with Crippen LogP contribution >= 0.6 is 59.1 Å². The van der Waals surface area contributed by atoms with Gasteiger partial charge in [-0.1, -0.05) is 17.7 Å². The predicted octanol–water partition coefficient (Wildman–Crippen LogP) is 4.30. The SMILES string of the molecule is Cl.Cl.Clc1ccc([C@@H](c2cccs2)N2CCNCC2)s1. The summed E-state index contributed by atoms with van der Waals surface area (Å²) in [5.41, 5.74) is 0. The Hall–Kier alpha value is 0.190. The van der Waals surface area contributed by atoms with Crippen LogP contribution in [-0.2, 0) is 0 Å². The van der Waals surface area contributed by atoms with Gasteiger partial charge in [-0.2, -0.15) is 0 Å². The molecule has 0 spiro atoms. The fourth-order valence-corrected chi connectivity index (χ4v) is 4.53. The molecule has 1 aliphatic rings. The standard InChI is InChI=1S/C13H15ClN2S2.2ClH/c14-12-4-3-11(18-12)13(10-2-1-9-17-10)16-7-5-15-6-8-16;;/h1-4,9,13,15H,5-8H2;2*1H/t13-;;/m1../s1. The van der Waals surface area contributed by atoms with E-state index in [4.69, 9.17) is 11.6 Å². The summed E-state index contributed by atoms with van der Waals surface area (Å²) in [7, 11) is 0. The summed E-state index contributed by atoms with van der Waals surface area (Å²) in [6.07, 6.45) is 0. The molecule has 0 amide bonds. The molecule has 0 aromatic carbocycles. The van der Waals surface area contributed by atoms with Crippen LogP contribution in [0.5, 0.6) is 0 Å². The summed E-state index contributed by atoms with van der Waals surface area (Å²) in [6.45, 7) is 4.33. The van der Waals surface area contributed by atoms with Crippen LogP contribution in [0, 0.1) is 0 Å². The van der Waals surface area contributed by atoms with Crippen LogP contribution in [0.25, 0.3) is 0 Å². The molecular formula is C13H17Cl3N2S2. The van der Waals surface area contributed by atoms with Gasteiger partial charge in [0, 0.05) is 35.9 Å². The summed E-state index contributed by atoms with van der Waals surface area (Å²) in [6, 6.07) is 8.91.